The van der Waals surface area contributed by atoms with Gasteiger partial charge in [0.2, 0.25) is 0 Å². The maximum atomic E-state index is 3.80. The standard InChI is InChI=1S/C20H31N/c1-4-16(3)19(17-12-8-6-9-13-17)20(21-5-2)18-14-10-7-11-15-18/h6,8-9,12-14,16,19-21H,4-5,7,10-11,15H2,1-3H3. The Morgan fingerprint density at radius 2 is 1.86 bits per heavy atom. The molecule has 0 saturated heterocycles. The monoisotopic (exact) mass is 285 g/mol. The second-order valence-electron chi connectivity index (χ2n) is 6.38. The van der Waals surface area contributed by atoms with Crippen molar-refractivity contribution in [3.05, 3.63) is 47.5 Å². The molecule has 0 amide bonds. The van der Waals surface area contributed by atoms with Crippen LogP contribution < -0.4 is 5.32 Å². The Morgan fingerprint density at radius 1 is 1.10 bits per heavy atom. The maximum absolute atomic E-state index is 3.80. The molecule has 3 unspecified atom stereocenters. The number of nitrogens with one attached hydrogen (secondary N) is 1. The Balaban J connectivity index is 2.33. The first-order valence-electron chi connectivity index (χ1n) is 8.75. The molecule has 1 heteroatoms. The van der Waals surface area contributed by atoms with E-state index in [1.165, 1.54) is 37.7 Å². The fourth-order valence-corrected chi connectivity index (χ4v) is 3.63. The maximum Gasteiger partial charge on any atom is 0.0351 e. The molecule has 116 valence electrons. The zero-order valence-corrected chi connectivity index (χ0v) is 13.9. The first kappa shape index (κ1) is 16.3. The summed E-state index contributed by atoms with van der Waals surface area (Å²) in [6, 6.07) is 11.6. The summed E-state index contributed by atoms with van der Waals surface area (Å²) in [6.07, 6.45) is 9.00. The second kappa shape index (κ2) is 8.38. The molecule has 2 rings (SSSR count). The molecule has 0 spiro atoms. The van der Waals surface area contributed by atoms with Crippen molar-refractivity contribution in [3.63, 3.8) is 0 Å². The number of rotatable bonds is 7. The summed E-state index contributed by atoms with van der Waals surface area (Å²) in [4.78, 5) is 0. The number of hydrogen-bond acceptors (Lipinski definition) is 1. The lowest BCUT2D eigenvalue weighted by Gasteiger charge is -2.35. The third-order valence-corrected chi connectivity index (χ3v) is 4.95. The van der Waals surface area contributed by atoms with E-state index < -0.39 is 0 Å². The van der Waals surface area contributed by atoms with Gasteiger partial charge in [0, 0.05) is 12.0 Å². The van der Waals surface area contributed by atoms with Crippen LogP contribution in [0.4, 0.5) is 0 Å². The summed E-state index contributed by atoms with van der Waals surface area (Å²) >= 11 is 0. The van der Waals surface area contributed by atoms with Crippen molar-refractivity contribution in [1.29, 1.82) is 0 Å². The minimum Gasteiger partial charge on any atom is -0.310 e. The first-order valence-corrected chi connectivity index (χ1v) is 8.75. The van der Waals surface area contributed by atoms with Crippen molar-refractivity contribution in [1.82, 2.24) is 5.32 Å². The lowest BCUT2D eigenvalue weighted by molar-refractivity contribution is 0.357. The lowest BCUT2D eigenvalue weighted by Crippen LogP contribution is -2.39. The average Bonchev–Trinajstić information content (AvgIpc) is 2.56. The topological polar surface area (TPSA) is 12.0 Å². The Kier molecular flexibility index (Phi) is 6.50. The molecule has 0 bridgehead atoms. The molecule has 0 fully saturated rings. The van der Waals surface area contributed by atoms with Gasteiger partial charge in [-0.2, -0.15) is 0 Å². The number of likely N-dealkylation sites (N-methyl/N-ethyl adjacent to an activating group) is 1. The van der Waals surface area contributed by atoms with E-state index in [9.17, 15) is 0 Å². The van der Waals surface area contributed by atoms with Gasteiger partial charge < -0.3 is 5.32 Å². The average molecular weight is 285 g/mol. The Labute approximate surface area is 130 Å². The highest BCUT2D eigenvalue weighted by molar-refractivity contribution is 5.28. The van der Waals surface area contributed by atoms with E-state index in [1.54, 1.807) is 5.57 Å². The number of benzene rings is 1. The summed E-state index contributed by atoms with van der Waals surface area (Å²) in [6.45, 7) is 8.00. The highest BCUT2D eigenvalue weighted by atomic mass is 14.9. The van der Waals surface area contributed by atoms with Crippen molar-refractivity contribution in [2.75, 3.05) is 6.54 Å². The highest BCUT2D eigenvalue weighted by Crippen LogP contribution is 2.36. The van der Waals surface area contributed by atoms with Crippen molar-refractivity contribution in [2.24, 2.45) is 5.92 Å². The van der Waals surface area contributed by atoms with Crippen molar-refractivity contribution < 1.29 is 0 Å². The molecule has 0 heterocycles. The molecule has 0 radical (unpaired) electrons. The van der Waals surface area contributed by atoms with Crippen LogP contribution in [0.25, 0.3) is 0 Å². The molecule has 1 aromatic carbocycles. The molecule has 1 nitrogen and oxygen atoms in total. The zero-order chi connectivity index (χ0) is 15.1. The van der Waals surface area contributed by atoms with Crippen LogP contribution in [0.15, 0.2) is 42.0 Å². The van der Waals surface area contributed by atoms with Gasteiger partial charge in [0.1, 0.15) is 0 Å². The van der Waals surface area contributed by atoms with Gasteiger partial charge in [0.25, 0.3) is 0 Å². The van der Waals surface area contributed by atoms with Gasteiger partial charge >= 0.3 is 0 Å². The molecule has 3 atom stereocenters. The van der Waals surface area contributed by atoms with Crippen molar-refractivity contribution >= 4 is 0 Å². The van der Waals surface area contributed by atoms with E-state index in [1.807, 2.05) is 0 Å². The molecule has 1 aliphatic rings. The van der Waals surface area contributed by atoms with E-state index >= 15 is 0 Å². The Bertz CT molecular complexity index is 434. The predicted molar refractivity (Wildman–Crippen MR) is 92.7 cm³/mol. The fraction of sp³-hybridized carbons (Fsp3) is 0.600. The molecule has 1 N–H and O–H groups in total. The minimum absolute atomic E-state index is 0.507. The molecular formula is C20H31N. The molecular weight excluding hydrogens is 254 g/mol. The molecule has 1 aromatic rings. The Morgan fingerprint density at radius 3 is 2.43 bits per heavy atom. The summed E-state index contributed by atoms with van der Waals surface area (Å²) in [5.41, 5.74) is 3.14. The lowest BCUT2D eigenvalue weighted by atomic mass is 9.75. The van der Waals surface area contributed by atoms with Gasteiger partial charge in [0.05, 0.1) is 0 Å². The summed E-state index contributed by atoms with van der Waals surface area (Å²) < 4.78 is 0. The normalized spacial score (nSPS) is 19.7. The Hall–Kier alpha value is -1.08. The van der Waals surface area contributed by atoms with Gasteiger partial charge in [-0.25, -0.2) is 0 Å². The zero-order valence-electron chi connectivity index (χ0n) is 13.9. The molecule has 21 heavy (non-hydrogen) atoms. The van der Waals surface area contributed by atoms with Gasteiger partial charge in [-0.3, -0.25) is 0 Å². The van der Waals surface area contributed by atoms with Gasteiger partial charge in [-0.05, 0) is 43.7 Å². The van der Waals surface area contributed by atoms with Crippen molar-refractivity contribution in [3.8, 4) is 0 Å². The van der Waals surface area contributed by atoms with E-state index in [-0.39, 0.29) is 0 Å². The smallest absolute Gasteiger partial charge is 0.0351 e. The largest absolute Gasteiger partial charge is 0.310 e. The van der Waals surface area contributed by atoms with E-state index in [0.29, 0.717) is 17.9 Å². The number of allylic oxidation sites excluding steroid dienone is 1. The first-order chi connectivity index (χ1) is 10.3. The SMILES string of the molecule is CCNC(C1=CCCCC1)C(c1ccccc1)C(C)CC. The van der Waals surface area contributed by atoms with Crippen LogP contribution in [0.1, 0.15) is 64.4 Å². The van der Waals surface area contributed by atoms with E-state index in [4.69, 9.17) is 0 Å². The van der Waals surface area contributed by atoms with Crippen LogP contribution in [-0.4, -0.2) is 12.6 Å². The quantitative estimate of drug-likeness (QED) is 0.671. The predicted octanol–water partition coefficient (Wildman–Crippen LogP) is 5.29. The van der Waals surface area contributed by atoms with Crippen LogP contribution >= 0.6 is 0 Å². The van der Waals surface area contributed by atoms with E-state index in [0.717, 1.165) is 6.54 Å². The molecule has 0 aliphatic heterocycles. The van der Waals surface area contributed by atoms with Gasteiger partial charge in [-0.1, -0.05) is 69.2 Å². The highest BCUT2D eigenvalue weighted by Gasteiger charge is 2.29. The summed E-state index contributed by atoms with van der Waals surface area (Å²) in [5, 5.41) is 3.80. The van der Waals surface area contributed by atoms with Crippen LogP contribution in [-0.2, 0) is 0 Å². The van der Waals surface area contributed by atoms with Gasteiger partial charge in [0.15, 0.2) is 0 Å². The van der Waals surface area contributed by atoms with Gasteiger partial charge in [-0.15, -0.1) is 0 Å². The fourth-order valence-electron chi connectivity index (χ4n) is 3.63. The van der Waals surface area contributed by atoms with Crippen LogP contribution in [0, 0.1) is 5.92 Å². The second-order valence-corrected chi connectivity index (χ2v) is 6.38. The van der Waals surface area contributed by atoms with Crippen molar-refractivity contribution in [2.45, 2.75) is 64.8 Å². The third kappa shape index (κ3) is 4.20. The molecule has 1 aliphatic carbocycles. The van der Waals surface area contributed by atoms with Crippen LogP contribution in [0.5, 0.6) is 0 Å². The molecule has 0 aromatic heterocycles. The minimum atomic E-state index is 0.507. The summed E-state index contributed by atoms with van der Waals surface area (Å²) in [5.74, 6) is 1.28. The number of hydrogen-bond donors (Lipinski definition) is 1. The van der Waals surface area contributed by atoms with Crippen LogP contribution in [0.3, 0.4) is 0 Å². The third-order valence-electron chi connectivity index (χ3n) is 4.95. The molecule has 0 saturated carbocycles. The summed E-state index contributed by atoms with van der Waals surface area (Å²) in [7, 11) is 0. The van der Waals surface area contributed by atoms with Crippen LogP contribution in [0.2, 0.25) is 0 Å². The van der Waals surface area contributed by atoms with E-state index in [2.05, 4.69) is 62.5 Å².